The zero-order valence-electron chi connectivity index (χ0n) is 10.4. The van der Waals surface area contributed by atoms with E-state index in [0.29, 0.717) is 6.54 Å². The number of rotatable bonds is 4. The fraction of sp³-hybridized carbons (Fsp3) is 0.636. The standard InChI is InChI=1S/C11H18N2O3/c1-7-9(8(2)16-13-7)6-12-11(3,4)10(14)15-5/h12H,6H2,1-5H3. The van der Waals surface area contributed by atoms with Crippen LogP contribution in [0.3, 0.4) is 0 Å². The molecule has 0 spiro atoms. The second-order valence-electron chi connectivity index (χ2n) is 4.27. The SMILES string of the molecule is COC(=O)C(C)(C)NCc1c(C)noc1C. The minimum Gasteiger partial charge on any atom is -0.468 e. The number of aryl methyl sites for hydroxylation is 2. The van der Waals surface area contributed by atoms with Crippen molar-refractivity contribution >= 4 is 5.97 Å². The van der Waals surface area contributed by atoms with Crippen LogP contribution in [0.2, 0.25) is 0 Å². The number of nitrogens with one attached hydrogen (secondary N) is 1. The Morgan fingerprint density at radius 1 is 1.50 bits per heavy atom. The number of esters is 1. The molecule has 1 N–H and O–H groups in total. The van der Waals surface area contributed by atoms with Gasteiger partial charge >= 0.3 is 5.97 Å². The Morgan fingerprint density at radius 2 is 2.12 bits per heavy atom. The van der Waals surface area contributed by atoms with Gasteiger partial charge in [-0.3, -0.25) is 10.1 Å². The molecule has 0 aromatic carbocycles. The number of ether oxygens (including phenoxy) is 1. The number of hydrogen-bond acceptors (Lipinski definition) is 5. The van der Waals surface area contributed by atoms with Crippen LogP contribution in [0.15, 0.2) is 4.52 Å². The van der Waals surface area contributed by atoms with Crippen molar-refractivity contribution in [3.05, 3.63) is 17.0 Å². The molecule has 0 unspecified atom stereocenters. The van der Waals surface area contributed by atoms with Crippen molar-refractivity contribution in [2.75, 3.05) is 7.11 Å². The van der Waals surface area contributed by atoms with Crippen molar-refractivity contribution in [2.45, 2.75) is 39.8 Å². The van der Waals surface area contributed by atoms with Crippen LogP contribution in [0.4, 0.5) is 0 Å². The Morgan fingerprint density at radius 3 is 2.56 bits per heavy atom. The highest BCUT2D eigenvalue weighted by Gasteiger charge is 2.28. The molecule has 0 saturated heterocycles. The molecule has 0 bridgehead atoms. The predicted octanol–water partition coefficient (Wildman–Crippen LogP) is 1.33. The first-order valence-electron chi connectivity index (χ1n) is 5.13. The molecule has 0 fully saturated rings. The van der Waals surface area contributed by atoms with E-state index in [2.05, 4.69) is 10.5 Å². The van der Waals surface area contributed by atoms with E-state index in [9.17, 15) is 4.79 Å². The molecule has 1 heterocycles. The van der Waals surface area contributed by atoms with Crippen LogP contribution in [0, 0.1) is 13.8 Å². The minimum absolute atomic E-state index is 0.292. The van der Waals surface area contributed by atoms with Gasteiger partial charge in [0.2, 0.25) is 0 Å². The van der Waals surface area contributed by atoms with Gasteiger partial charge in [0.25, 0.3) is 0 Å². The smallest absolute Gasteiger partial charge is 0.325 e. The van der Waals surface area contributed by atoms with E-state index in [0.717, 1.165) is 17.0 Å². The summed E-state index contributed by atoms with van der Waals surface area (Å²) in [6.45, 7) is 7.80. The fourth-order valence-electron chi connectivity index (χ4n) is 1.39. The average molecular weight is 226 g/mol. The third-order valence-corrected chi connectivity index (χ3v) is 2.58. The lowest BCUT2D eigenvalue weighted by molar-refractivity contribution is -0.147. The van der Waals surface area contributed by atoms with Gasteiger partial charge in [0.1, 0.15) is 11.3 Å². The zero-order valence-corrected chi connectivity index (χ0v) is 10.4. The summed E-state index contributed by atoms with van der Waals surface area (Å²) in [5, 5.41) is 6.97. The van der Waals surface area contributed by atoms with Crippen LogP contribution in [-0.4, -0.2) is 23.8 Å². The summed E-state index contributed by atoms with van der Waals surface area (Å²) in [5.74, 6) is 0.477. The van der Waals surface area contributed by atoms with Crippen molar-refractivity contribution in [2.24, 2.45) is 0 Å². The highest BCUT2D eigenvalue weighted by Crippen LogP contribution is 2.14. The van der Waals surface area contributed by atoms with Gasteiger partial charge < -0.3 is 9.26 Å². The molecule has 1 rings (SSSR count). The summed E-state index contributed by atoms with van der Waals surface area (Å²) in [6, 6.07) is 0. The maximum absolute atomic E-state index is 11.4. The first kappa shape index (κ1) is 12.7. The molecule has 0 radical (unpaired) electrons. The third-order valence-electron chi connectivity index (χ3n) is 2.58. The Bertz CT molecular complexity index is 363. The first-order valence-corrected chi connectivity index (χ1v) is 5.13. The second-order valence-corrected chi connectivity index (χ2v) is 4.27. The average Bonchev–Trinajstić information content (AvgIpc) is 2.55. The third kappa shape index (κ3) is 2.61. The molecule has 0 amide bonds. The van der Waals surface area contributed by atoms with Gasteiger partial charge in [0.05, 0.1) is 12.8 Å². The normalized spacial score (nSPS) is 11.6. The van der Waals surface area contributed by atoms with Crippen LogP contribution in [0.1, 0.15) is 30.9 Å². The van der Waals surface area contributed by atoms with Gasteiger partial charge in [-0.1, -0.05) is 5.16 Å². The summed E-state index contributed by atoms with van der Waals surface area (Å²) in [7, 11) is 1.38. The summed E-state index contributed by atoms with van der Waals surface area (Å²) in [6.07, 6.45) is 0. The van der Waals surface area contributed by atoms with E-state index in [1.807, 2.05) is 13.8 Å². The molecule has 0 atom stereocenters. The van der Waals surface area contributed by atoms with Gasteiger partial charge in [-0.15, -0.1) is 0 Å². The Hall–Kier alpha value is -1.36. The van der Waals surface area contributed by atoms with Crippen LogP contribution in [0.25, 0.3) is 0 Å². The molecule has 5 nitrogen and oxygen atoms in total. The molecule has 0 aliphatic heterocycles. The summed E-state index contributed by atoms with van der Waals surface area (Å²) >= 11 is 0. The maximum Gasteiger partial charge on any atom is 0.325 e. The lowest BCUT2D eigenvalue weighted by Crippen LogP contribution is -2.47. The lowest BCUT2D eigenvalue weighted by Gasteiger charge is -2.22. The molecule has 90 valence electrons. The molecule has 1 aromatic rings. The van der Waals surface area contributed by atoms with Gasteiger partial charge in [-0.25, -0.2) is 0 Å². The minimum atomic E-state index is -0.717. The molecular formula is C11H18N2O3. The maximum atomic E-state index is 11.4. The van der Waals surface area contributed by atoms with Crippen molar-refractivity contribution in [3.8, 4) is 0 Å². The molecule has 16 heavy (non-hydrogen) atoms. The van der Waals surface area contributed by atoms with Crippen molar-refractivity contribution in [3.63, 3.8) is 0 Å². The van der Waals surface area contributed by atoms with Gasteiger partial charge in [-0.2, -0.15) is 0 Å². The topological polar surface area (TPSA) is 64.4 Å². The number of aromatic nitrogens is 1. The number of carbonyl (C=O) groups excluding carboxylic acids is 1. The van der Waals surface area contributed by atoms with Gasteiger partial charge in [0, 0.05) is 12.1 Å². The highest BCUT2D eigenvalue weighted by molar-refractivity contribution is 5.79. The largest absolute Gasteiger partial charge is 0.468 e. The van der Waals surface area contributed by atoms with E-state index in [4.69, 9.17) is 9.26 Å². The van der Waals surface area contributed by atoms with Gasteiger partial charge in [0.15, 0.2) is 0 Å². The Balaban J connectivity index is 2.68. The van der Waals surface area contributed by atoms with E-state index >= 15 is 0 Å². The molecule has 5 heteroatoms. The Labute approximate surface area is 95.1 Å². The molecule has 0 aliphatic carbocycles. The summed E-state index contributed by atoms with van der Waals surface area (Å²) in [5.41, 5.74) is 1.10. The van der Waals surface area contributed by atoms with E-state index in [1.165, 1.54) is 7.11 Å². The van der Waals surface area contributed by atoms with E-state index in [1.54, 1.807) is 13.8 Å². The van der Waals surface area contributed by atoms with Crippen LogP contribution in [-0.2, 0) is 16.1 Å². The van der Waals surface area contributed by atoms with Crippen LogP contribution >= 0.6 is 0 Å². The quantitative estimate of drug-likeness (QED) is 0.785. The number of carbonyl (C=O) groups is 1. The van der Waals surface area contributed by atoms with E-state index in [-0.39, 0.29) is 5.97 Å². The molecular weight excluding hydrogens is 208 g/mol. The fourth-order valence-corrected chi connectivity index (χ4v) is 1.39. The second kappa shape index (κ2) is 4.65. The Kier molecular flexibility index (Phi) is 3.70. The van der Waals surface area contributed by atoms with Crippen molar-refractivity contribution in [1.29, 1.82) is 0 Å². The highest BCUT2D eigenvalue weighted by atomic mass is 16.5. The van der Waals surface area contributed by atoms with Crippen molar-refractivity contribution < 1.29 is 14.1 Å². The summed E-state index contributed by atoms with van der Waals surface area (Å²) in [4.78, 5) is 11.4. The number of nitrogens with zero attached hydrogens (tertiary/aromatic N) is 1. The summed E-state index contributed by atoms with van der Waals surface area (Å²) < 4.78 is 9.75. The van der Waals surface area contributed by atoms with Crippen LogP contribution in [0.5, 0.6) is 0 Å². The molecule has 1 aromatic heterocycles. The number of hydrogen-bond donors (Lipinski definition) is 1. The monoisotopic (exact) mass is 226 g/mol. The molecule has 0 aliphatic rings. The number of methoxy groups -OCH3 is 1. The predicted molar refractivity (Wildman–Crippen MR) is 58.9 cm³/mol. The first-order chi connectivity index (χ1) is 7.38. The van der Waals surface area contributed by atoms with Crippen LogP contribution < -0.4 is 5.32 Å². The molecule has 0 saturated carbocycles. The zero-order chi connectivity index (χ0) is 12.3. The lowest BCUT2D eigenvalue weighted by atomic mass is 10.1. The van der Waals surface area contributed by atoms with E-state index < -0.39 is 5.54 Å². The van der Waals surface area contributed by atoms with Gasteiger partial charge in [-0.05, 0) is 27.7 Å². The van der Waals surface area contributed by atoms with Crippen molar-refractivity contribution in [1.82, 2.24) is 10.5 Å².